The molecule has 0 bridgehead atoms. The highest BCUT2D eigenvalue weighted by Crippen LogP contribution is 2.22. The van der Waals surface area contributed by atoms with E-state index in [-0.39, 0.29) is 5.91 Å². The maximum Gasteiger partial charge on any atom is 0.260 e. The van der Waals surface area contributed by atoms with Gasteiger partial charge in [0.1, 0.15) is 0 Å². The summed E-state index contributed by atoms with van der Waals surface area (Å²) in [7, 11) is 0. The largest absolute Gasteiger partial charge is 0.298 e. The van der Waals surface area contributed by atoms with Crippen molar-refractivity contribution in [3.63, 3.8) is 0 Å². The van der Waals surface area contributed by atoms with Gasteiger partial charge in [0.05, 0.1) is 23.1 Å². The minimum absolute atomic E-state index is 0.199. The van der Waals surface area contributed by atoms with Crippen LogP contribution in [-0.2, 0) is 6.42 Å². The van der Waals surface area contributed by atoms with Gasteiger partial charge in [0.2, 0.25) is 0 Å². The van der Waals surface area contributed by atoms with Crippen LogP contribution in [0, 0.1) is 6.92 Å². The Kier molecular flexibility index (Phi) is 4.80. The summed E-state index contributed by atoms with van der Waals surface area (Å²) >= 11 is 1.49. The zero-order chi connectivity index (χ0) is 18.6. The molecule has 1 N–H and O–H groups in total. The predicted molar refractivity (Wildman–Crippen MR) is 108 cm³/mol. The second-order valence-electron chi connectivity index (χ2n) is 6.14. The molecule has 0 unspecified atom stereocenters. The molecule has 6 heteroatoms. The molecule has 0 saturated carbocycles. The Labute approximate surface area is 161 Å². The number of nitrogens with zero attached hydrogens (tertiary/aromatic N) is 3. The fraction of sp³-hybridized carbons (Fsp3) is 0.0952. The van der Waals surface area contributed by atoms with Crippen LogP contribution in [0.5, 0.6) is 0 Å². The van der Waals surface area contributed by atoms with Gasteiger partial charge in [-0.25, -0.2) is 9.67 Å². The molecule has 0 fully saturated rings. The first-order chi connectivity index (χ1) is 13.2. The van der Waals surface area contributed by atoms with Gasteiger partial charge in [-0.15, -0.1) is 11.3 Å². The Morgan fingerprint density at radius 3 is 2.48 bits per heavy atom. The van der Waals surface area contributed by atoms with Crippen LogP contribution in [0.25, 0.3) is 5.69 Å². The molecule has 0 aliphatic rings. The number of thiazole rings is 1. The van der Waals surface area contributed by atoms with E-state index in [1.165, 1.54) is 16.9 Å². The molecule has 0 radical (unpaired) electrons. The van der Waals surface area contributed by atoms with E-state index < -0.39 is 0 Å². The normalized spacial score (nSPS) is 10.7. The summed E-state index contributed by atoms with van der Waals surface area (Å²) in [6.07, 6.45) is 4.21. The molecule has 4 aromatic rings. The van der Waals surface area contributed by atoms with Gasteiger partial charge >= 0.3 is 0 Å². The number of benzene rings is 2. The molecule has 0 spiro atoms. The third kappa shape index (κ3) is 3.80. The SMILES string of the molecule is Cc1c(C(=O)Nc2ncc(Cc3ccccc3)s2)cnn1-c1ccccc1. The van der Waals surface area contributed by atoms with Gasteiger partial charge in [-0.2, -0.15) is 5.10 Å². The number of carbonyl (C=O) groups is 1. The third-order valence-electron chi connectivity index (χ3n) is 4.25. The molecule has 4 rings (SSSR count). The molecule has 27 heavy (non-hydrogen) atoms. The number of hydrogen-bond donors (Lipinski definition) is 1. The lowest BCUT2D eigenvalue weighted by Crippen LogP contribution is -2.12. The summed E-state index contributed by atoms with van der Waals surface area (Å²) in [5.74, 6) is -0.199. The molecule has 134 valence electrons. The zero-order valence-electron chi connectivity index (χ0n) is 14.8. The molecule has 0 aliphatic heterocycles. The van der Waals surface area contributed by atoms with E-state index in [0.29, 0.717) is 10.7 Å². The number of carbonyl (C=O) groups excluding carboxylic acids is 1. The Morgan fingerprint density at radius 1 is 1.04 bits per heavy atom. The smallest absolute Gasteiger partial charge is 0.260 e. The average Bonchev–Trinajstić information content (AvgIpc) is 3.29. The maximum atomic E-state index is 12.6. The van der Waals surface area contributed by atoms with Crippen molar-refractivity contribution in [1.82, 2.24) is 14.8 Å². The van der Waals surface area contributed by atoms with Crippen molar-refractivity contribution in [2.24, 2.45) is 0 Å². The van der Waals surface area contributed by atoms with Gasteiger partial charge in [-0.05, 0) is 24.6 Å². The van der Waals surface area contributed by atoms with Crippen LogP contribution >= 0.6 is 11.3 Å². The Hall–Kier alpha value is -3.25. The van der Waals surface area contributed by atoms with Crippen LogP contribution in [-0.4, -0.2) is 20.7 Å². The van der Waals surface area contributed by atoms with E-state index in [1.807, 2.05) is 61.7 Å². The fourth-order valence-electron chi connectivity index (χ4n) is 2.87. The first-order valence-electron chi connectivity index (χ1n) is 8.61. The van der Waals surface area contributed by atoms with Crippen LogP contribution < -0.4 is 5.32 Å². The Balaban J connectivity index is 1.48. The summed E-state index contributed by atoms with van der Waals surface area (Å²) in [5.41, 5.74) is 3.48. The van der Waals surface area contributed by atoms with Gasteiger partial charge in [0.15, 0.2) is 5.13 Å². The summed E-state index contributed by atoms with van der Waals surface area (Å²) in [6.45, 7) is 1.89. The third-order valence-corrected chi connectivity index (χ3v) is 5.16. The fourth-order valence-corrected chi connectivity index (χ4v) is 3.71. The number of para-hydroxylation sites is 1. The Bertz CT molecular complexity index is 1050. The van der Waals surface area contributed by atoms with Crippen molar-refractivity contribution in [3.8, 4) is 5.69 Å². The molecule has 2 aromatic heterocycles. The van der Waals surface area contributed by atoms with Crippen molar-refractivity contribution in [3.05, 3.63) is 94.8 Å². The van der Waals surface area contributed by atoms with E-state index in [9.17, 15) is 4.79 Å². The summed E-state index contributed by atoms with van der Waals surface area (Å²) in [4.78, 5) is 18.1. The first kappa shape index (κ1) is 17.2. The van der Waals surface area contributed by atoms with Crippen LogP contribution in [0.4, 0.5) is 5.13 Å². The van der Waals surface area contributed by atoms with Crippen LogP contribution in [0.15, 0.2) is 73.1 Å². The van der Waals surface area contributed by atoms with Crippen LogP contribution in [0.2, 0.25) is 0 Å². The molecule has 5 nitrogen and oxygen atoms in total. The number of aromatic nitrogens is 3. The summed E-state index contributed by atoms with van der Waals surface area (Å²) in [5, 5.41) is 7.83. The number of amides is 1. The van der Waals surface area contributed by atoms with E-state index in [4.69, 9.17) is 0 Å². The number of nitrogens with one attached hydrogen (secondary N) is 1. The predicted octanol–water partition coefficient (Wildman–Crippen LogP) is 4.48. The van der Waals surface area contributed by atoms with Gasteiger partial charge in [0.25, 0.3) is 5.91 Å². The van der Waals surface area contributed by atoms with E-state index in [0.717, 1.165) is 22.7 Å². The van der Waals surface area contributed by atoms with Gasteiger partial charge in [-0.1, -0.05) is 48.5 Å². The second kappa shape index (κ2) is 7.55. The van der Waals surface area contributed by atoms with E-state index in [2.05, 4.69) is 27.5 Å². The molecular weight excluding hydrogens is 356 g/mol. The molecule has 0 aliphatic carbocycles. The average molecular weight is 374 g/mol. The Morgan fingerprint density at radius 2 is 1.74 bits per heavy atom. The second-order valence-corrected chi connectivity index (χ2v) is 7.25. The quantitative estimate of drug-likeness (QED) is 0.560. The standard InChI is InChI=1S/C21H18N4OS/c1-15-19(14-23-25(15)17-10-6-3-7-11-17)20(26)24-21-22-13-18(27-21)12-16-8-4-2-5-9-16/h2-11,13-14H,12H2,1H3,(H,22,24,26). The minimum atomic E-state index is -0.199. The molecule has 1 amide bonds. The van der Waals surface area contributed by atoms with Crippen LogP contribution in [0.3, 0.4) is 0 Å². The van der Waals surface area contributed by atoms with Crippen molar-refractivity contribution >= 4 is 22.4 Å². The van der Waals surface area contributed by atoms with E-state index >= 15 is 0 Å². The van der Waals surface area contributed by atoms with E-state index in [1.54, 1.807) is 10.9 Å². The van der Waals surface area contributed by atoms with Gasteiger partial charge in [-0.3, -0.25) is 10.1 Å². The van der Waals surface area contributed by atoms with Crippen molar-refractivity contribution in [2.75, 3.05) is 5.32 Å². The highest BCUT2D eigenvalue weighted by Gasteiger charge is 2.16. The van der Waals surface area contributed by atoms with Crippen LogP contribution in [0.1, 0.15) is 26.5 Å². The molecular formula is C21H18N4OS. The number of rotatable bonds is 5. The molecule has 2 aromatic carbocycles. The molecule has 0 atom stereocenters. The van der Waals surface area contributed by atoms with Crippen molar-refractivity contribution < 1.29 is 4.79 Å². The lowest BCUT2D eigenvalue weighted by Gasteiger charge is -2.05. The maximum absolute atomic E-state index is 12.6. The highest BCUT2D eigenvalue weighted by molar-refractivity contribution is 7.15. The topological polar surface area (TPSA) is 59.8 Å². The molecule has 2 heterocycles. The highest BCUT2D eigenvalue weighted by atomic mass is 32.1. The lowest BCUT2D eigenvalue weighted by atomic mass is 10.1. The first-order valence-corrected chi connectivity index (χ1v) is 9.42. The van der Waals surface area contributed by atoms with Gasteiger partial charge in [0, 0.05) is 17.5 Å². The minimum Gasteiger partial charge on any atom is -0.298 e. The number of anilines is 1. The number of hydrogen-bond acceptors (Lipinski definition) is 4. The van der Waals surface area contributed by atoms with Gasteiger partial charge < -0.3 is 0 Å². The van der Waals surface area contributed by atoms with Crippen molar-refractivity contribution in [2.45, 2.75) is 13.3 Å². The lowest BCUT2D eigenvalue weighted by molar-refractivity contribution is 0.102. The monoisotopic (exact) mass is 374 g/mol. The summed E-state index contributed by atoms with van der Waals surface area (Å²) in [6, 6.07) is 20.0. The summed E-state index contributed by atoms with van der Waals surface area (Å²) < 4.78 is 1.76. The van der Waals surface area contributed by atoms with Crippen molar-refractivity contribution in [1.29, 1.82) is 0 Å². The zero-order valence-corrected chi connectivity index (χ0v) is 15.6. The molecule has 0 saturated heterocycles.